The molecule has 2 N–H and O–H groups in total. The molecule has 0 unspecified atom stereocenters. The molecule has 0 aliphatic heterocycles. The zero-order valence-corrected chi connectivity index (χ0v) is 11.7. The number of imidazole rings is 1. The monoisotopic (exact) mass is 325 g/mol. The highest BCUT2D eigenvalue weighted by Crippen LogP contribution is 2.18. The molecule has 0 saturated heterocycles. The highest BCUT2D eigenvalue weighted by molar-refractivity contribution is 9.10. The number of ketones is 1. The molecule has 19 heavy (non-hydrogen) atoms. The number of halogens is 2. The molecule has 0 atom stereocenters. The van der Waals surface area contributed by atoms with E-state index >= 15 is 0 Å². The van der Waals surface area contributed by atoms with Crippen LogP contribution in [0, 0.1) is 5.82 Å². The first kappa shape index (κ1) is 13.9. The fourth-order valence-electron chi connectivity index (χ4n) is 1.70. The van der Waals surface area contributed by atoms with Crippen molar-refractivity contribution in [2.75, 3.05) is 6.54 Å². The van der Waals surface area contributed by atoms with E-state index in [-0.39, 0.29) is 18.0 Å². The van der Waals surface area contributed by atoms with Crippen molar-refractivity contribution < 1.29 is 9.18 Å². The van der Waals surface area contributed by atoms with Crippen molar-refractivity contribution in [1.82, 2.24) is 9.55 Å². The van der Waals surface area contributed by atoms with Crippen molar-refractivity contribution in [1.29, 1.82) is 0 Å². The number of nitrogens with two attached hydrogens (primary N) is 1. The molecule has 100 valence electrons. The van der Waals surface area contributed by atoms with Crippen LogP contribution in [0.5, 0.6) is 0 Å². The second kappa shape index (κ2) is 6.08. The van der Waals surface area contributed by atoms with E-state index < -0.39 is 0 Å². The Balaban J connectivity index is 2.09. The van der Waals surface area contributed by atoms with Gasteiger partial charge in [0.1, 0.15) is 11.5 Å². The maximum absolute atomic E-state index is 13.1. The Hall–Kier alpha value is -1.53. The maximum Gasteiger partial charge on any atom is 0.187 e. The molecule has 4 nitrogen and oxygen atoms in total. The summed E-state index contributed by atoms with van der Waals surface area (Å²) in [4.78, 5) is 16.1. The minimum atomic E-state index is -0.344. The normalized spacial score (nSPS) is 10.7. The minimum Gasteiger partial charge on any atom is -0.335 e. The zero-order chi connectivity index (χ0) is 13.8. The Morgan fingerprint density at radius 3 is 2.95 bits per heavy atom. The van der Waals surface area contributed by atoms with Crippen molar-refractivity contribution in [2.24, 2.45) is 5.73 Å². The second-order valence-corrected chi connectivity index (χ2v) is 4.99. The Morgan fingerprint density at radius 2 is 2.26 bits per heavy atom. The number of Topliss-reactive ketones (excluding diaryl/α,β-unsaturated/α-hetero) is 1. The molecule has 0 spiro atoms. The molecule has 0 amide bonds. The average molecular weight is 326 g/mol. The van der Waals surface area contributed by atoms with Gasteiger partial charge in [0.15, 0.2) is 5.78 Å². The van der Waals surface area contributed by atoms with Gasteiger partial charge >= 0.3 is 0 Å². The summed E-state index contributed by atoms with van der Waals surface area (Å²) in [5, 5.41) is 0. The Labute approximate surface area is 118 Å². The molecule has 0 aliphatic rings. The van der Waals surface area contributed by atoms with Gasteiger partial charge < -0.3 is 10.3 Å². The van der Waals surface area contributed by atoms with Gasteiger partial charge in [-0.2, -0.15) is 0 Å². The maximum atomic E-state index is 13.1. The lowest BCUT2D eigenvalue weighted by atomic mass is 10.1. The minimum absolute atomic E-state index is 0.103. The Kier molecular flexibility index (Phi) is 4.44. The van der Waals surface area contributed by atoms with Crippen molar-refractivity contribution >= 4 is 21.7 Å². The lowest BCUT2D eigenvalue weighted by Gasteiger charge is -2.01. The van der Waals surface area contributed by atoms with E-state index in [2.05, 4.69) is 20.9 Å². The highest BCUT2D eigenvalue weighted by Gasteiger charge is 2.11. The highest BCUT2D eigenvalue weighted by atomic mass is 79.9. The molecule has 0 radical (unpaired) electrons. The number of hydrogen-bond donors (Lipinski definition) is 1. The number of carbonyl (C=O) groups is 1. The molecule has 1 heterocycles. The molecule has 2 rings (SSSR count). The Bertz CT molecular complexity index is 597. The van der Waals surface area contributed by atoms with Crippen molar-refractivity contribution in [3.8, 4) is 0 Å². The standard InChI is InChI=1S/C13H13BrFN3O/c14-10-5-9(1-2-11(10)15)6-13(19)12-7-18(4-3-16)8-17-12/h1-2,5,7-8H,3-4,6,16H2. The van der Waals surface area contributed by atoms with Crippen LogP contribution in [0.1, 0.15) is 16.1 Å². The summed E-state index contributed by atoms with van der Waals surface area (Å²) in [5.74, 6) is -0.447. The molecule has 0 fully saturated rings. The first-order chi connectivity index (χ1) is 9.10. The summed E-state index contributed by atoms with van der Waals surface area (Å²) in [5.41, 5.74) is 6.57. The van der Waals surface area contributed by atoms with Crippen LogP contribution >= 0.6 is 15.9 Å². The molecule has 2 aromatic rings. The van der Waals surface area contributed by atoms with Crippen LogP contribution in [0.15, 0.2) is 35.2 Å². The first-order valence-electron chi connectivity index (χ1n) is 5.79. The Morgan fingerprint density at radius 1 is 1.47 bits per heavy atom. The van der Waals surface area contributed by atoms with E-state index in [4.69, 9.17) is 5.73 Å². The van der Waals surface area contributed by atoms with Crippen LogP contribution in [0.3, 0.4) is 0 Å². The SMILES string of the molecule is NCCn1cnc(C(=O)Cc2ccc(F)c(Br)c2)c1. The summed E-state index contributed by atoms with van der Waals surface area (Å²) in [6.07, 6.45) is 3.45. The van der Waals surface area contributed by atoms with E-state index in [1.54, 1.807) is 29.2 Å². The lowest BCUT2D eigenvalue weighted by molar-refractivity contribution is 0.0988. The predicted octanol–water partition coefficient (Wildman–Crippen LogP) is 2.17. The van der Waals surface area contributed by atoms with Crippen molar-refractivity contribution in [3.63, 3.8) is 0 Å². The van der Waals surface area contributed by atoms with Gasteiger partial charge in [0.05, 0.1) is 10.8 Å². The van der Waals surface area contributed by atoms with Gasteiger partial charge in [-0.25, -0.2) is 9.37 Å². The van der Waals surface area contributed by atoms with Gasteiger partial charge in [0.2, 0.25) is 0 Å². The third-order valence-electron chi connectivity index (χ3n) is 2.65. The summed E-state index contributed by atoms with van der Waals surface area (Å²) in [6.45, 7) is 1.12. The smallest absolute Gasteiger partial charge is 0.187 e. The molecule has 0 aliphatic carbocycles. The van der Waals surface area contributed by atoms with Gasteiger partial charge in [-0.15, -0.1) is 0 Å². The molecular formula is C13H13BrFN3O. The largest absolute Gasteiger partial charge is 0.335 e. The fraction of sp³-hybridized carbons (Fsp3) is 0.231. The molecular weight excluding hydrogens is 313 g/mol. The van der Waals surface area contributed by atoms with Gasteiger partial charge in [-0.3, -0.25) is 4.79 Å². The average Bonchev–Trinajstić information content (AvgIpc) is 2.83. The van der Waals surface area contributed by atoms with Crippen LogP contribution in [0.25, 0.3) is 0 Å². The first-order valence-corrected chi connectivity index (χ1v) is 6.58. The van der Waals surface area contributed by atoms with E-state index in [1.165, 1.54) is 6.07 Å². The number of hydrogen-bond acceptors (Lipinski definition) is 3. The van der Waals surface area contributed by atoms with Crippen LogP contribution in [0.2, 0.25) is 0 Å². The molecule has 0 bridgehead atoms. The fourth-order valence-corrected chi connectivity index (χ4v) is 2.13. The van der Waals surface area contributed by atoms with Crippen LogP contribution in [0.4, 0.5) is 4.39 Å². The zero-order valence-electron chi connectivity index (χ0n) is 10.1. The summed E-state index contributed by atoms with van der Waals surface area (Å²) in [7, 11) is 0. The quantitative estimate of drug-likeness (QED) is 0.857. The van der Waals surface area contributed by atoms with Crippen molar-refractivity contribution in [2.45, 2.75) is 13.0 Å². The van der Waals surface area contributed by atoms with E-state index in [1.807, 2.05) is 0 Å². The van der Waals surface area contributed by atoms with Crippen LogP contribution < -0.4 is 5.73 Å². The summed E-state index contributed by atoms with van der Waals surface area (Å²) >= 11 is 3.10. The van der Waals surface area contributed by atoms with E-state index in [9.17, 15) is 9.18 Å². The van der Waals surface area contributed by atoms with Gasteiger partial charge in [0.25, 0.3) is 0 Å². The van der Waals surface area contributed by atoms with Gasteiger partial charge in [0, 0.05) is 25.7 Å². The number of carbonyl (C=O) groups excluding carboxylic acids is 1. The predicted molar refractivity (Wildman–Crippen MR) is 73.4 cm³/mol. The molecule has 1 aromatic heterocycles. The summed E-state index contributed by atoms with van der Waals surface area (Å²) < 4.78 is 15.2. The number of rotatable bonds is 5. The molecule has 6 heteroatoms. The number of nitrogens with zero attached hydrogens (tertiary/aromatic N) is 2. The van der Waals surface area contributed by atoms with E-state index in [0.717, 1.165) is 5.56 Å². The number of benzene rings is 1. The topological polar surface area (TPSA) is 60.9 Å². The van der Waals surface area contributed by atoms with Crippen molar-refractivity contribution in [3.05, 3.63) is 52.3 Å². The molecule has 0 saturated carbocycles. The van der Waals surface area contributed by atoms with E-state index in [0.29, 0.717) is 23.3 Å². The summed E-state index contributed by atoms with van der Waals surface area (Å²) in [6, 6.07) is 4.53. The second-order valence-electron chi connectivity index (χ2n) is 4.13. The third kappa shape index (κ3) is 3.48. The third-order valence-corrected chi connectivity index (χ3v) is 3.26. The van der Waals surface area contributed by atoms with Gasteiger partial charge in [-0.05, 0) is 33.6 Å². The number of aromatic nitrogens is 2. The van der Waals surface area contributed by atoms with Crippen LogP contribution in [-0.2, 0) is 13.0 Å². The van der Waals surface area contributed by atoms with Gasteiger partial charge in [-0.1, -0.05) is 6.07 Å². The lowest BCUT2D eigenvalue weighted by Crippen LogP contribution is -2.08. The van der Waals surface area contributed by atoms with Crippen LogP contribution in [-0.4, -0.2) is 21.9 Å². The molecule has 1 aromatic carbocycles.